The number of nitrogens with zero attached hydrogens (tertiary/aromatic N) is 3. The summed E-state index contributed by atoms with van der Waals surface area (Å²) in [6, 6.07) is 5.79. The van der Waals surface area contributed by atoms with Gasteiger partial charge in [-0.2, -0.15) is 5.10 Å². The summed E-state index contributed by atoms with van der Waals surface area (Å²) in [5, 5.41) is 6.90. The number of carbonyl (C=O) groups is 1. The van der Waals surface area contributed by atoms with Crippen molar-refractivity contribution in [3.63, 3.8) is 0 Å². The summed E-state index contributed by atoms with van der Waals surface area (Å²) in [5.74, 6) is 0.928. The molecule has 20 heavy (non-hydrogen) atoms. The van der Waals surface area contributed by atoms with E-state index in [1.165, 1.54) is 6.33 Å². The second-order valence-electron chi connectivity index (χ2n) is 4.73. The Bertz CT molecular complexity index is 595. The topological polar surface area (TPSA) is 69.0 Å². The smallest absolute Gasteiger partial charge is 0.224 e. The van der Waals surface area contributed by atoms with Gasteiger partial charge in [0.25, 0.3) is 0 Å². The molecule has 0 atom stereocenters. The Morgan fingerprint density at radius 1 is 1.35 bits per heavy atom. The molecule has 0 bridgehead atoms. The molecule has 2 aromatic rings. The van der Waals surface area contributed by atoms with E-state index in [4.69, 9.17) is 4.74 Å². The van der Waals surface area contributed by atoms with Crippen molar-refractivity contribution in [3.8, 4) is 5.75 Å². The fourth-order valence-corrected chi connectivity index (χ4v) is 2.21. The second-order valence-corrected chi connectivity index (χ2v) is 4.73. The Morgan fingerprint density at radius 2 is 2.30 bits per heavy atom. The van der Waals surface area contributed by atoms with Crippen molar-refractivity contribution < 1.29 is 9.53 Å². The third-order valence-corrected chi connectivity index (χ3v) is 3.24. The van der Waals surface area contributed by atoms with Crippen LogP contribution in [0.1, 0.15) is 18.4 Å². The Labute approximate surface area is 116 Å². The fraction of sp³-hybridized carbons (Fsp3) is 0.357. The molecule has 1 aliphatic heterocycles. The molecular weight excluding hydrogens is 256 g/mol. The highest BCUT2D eigenvalue weighted by atomic mass is 16.5. The van der Waals surface area contributed by atoms with Crippen molar-refractivity contribution in [2.24, 2.45) is 0 Å². The van der Waals surface area contributed by atoms with Gasteiger partial charge in [0, 0.05) is 25.1 Å². The van der Waals surface area contributed by atoms with Crippen LogP contribution >= 0.6 is 0 Å². The van der Waals surface area contributed by atoms with Gasteiger partial charge in [-0.15, -0.1) is 0 Å². The molecule has 2 heterocycles. The number of carbonyl (C=O) groups excluding carboxylic acids is 1. The Kier molecular flexibility index (Phi) is 3.62. The Morgan fingerprint density at radius 3 is 3.15 bits per heavy atom. The molecule has 0 fully saturated rings. The normalized spacial score (nSPS) is 13.7. The van der Waals surface area contributed by atoms with Gasteiger partial charge in [0.1, 0.15) is 18.4 Å². The van der Waals surface area contributed by atoms with Gasteiger partial charge >= 0.3 is 0 Å². The van der Waals surface area contributed by atoms with Crippen LogP contribution in [-0.4, -0.2) is 27.3 Å². The number of fused-ring (bicyclic) bond motifs is 1. The van der Waals surface area contributed by atoms with Gasteiger partial charge in [0.2, 0.25) is 5.91 Å². The van der Waals surface area contributed by atoms with E-state index >= 15 is 0 Å². The van der Waals surface area contributed by atoms with Crippen LogP contribution < -0.4 is 10.1 Å². The van der Waals surface area contributed by atoms with E-state index in [1.54, 1.807) is 11.0 Å². The Balaban J connectivity index is 1.52. The number of rotatable bonds is 5. The van der Waals surface area contributed by atoms with E-state index in [0.29, 0.717) is 13.0 Å². The van der Waals surface area contributed by atoms with Crippen LogP contribution in [0.2, 0.25) is 0 Å². The van der Waals surface area contributed by atoms with Gasteiger partial charge in [-0.05, 0) is 30.2 Å². The number of nitrogens with one attached hydrogen (secondary N) is 1. The summed E-state index contributed by atoms with van der Waals surface area (Å²) in [6.07, 6.45) is 5.41. The fourth-order valence-electron chi connectivity index (χ4n) is 2.21. The maximum absolute atomic E-state index is 11.3. The van der Waals surface area contributed by atoms with E-state index < -0.39 is 0 Å². The number of hydrogen-bond acceptors (Lipinski definition) is 4. The largest absolute Gasteiger partial charge is 0.494 e. The molecule has 0 aliphatic carbocycles. The van der Waals surface area contributed by atoms with Crippen LogP contribution in [0.5, 0.6) is 5.75 Å². The molecule has 0 saturated carbocycles. The monoisotopic (exact) mass is 272 g/mol. The molecule has 1 aromatic heterocycles. The first kappa shape index (κ1) is 12.7. The minimum Gasteiger partial charge on any atom is -0.494 e. The lowest BCUT2D eigenvalue weighted by atomic mass is 10.0. The average Bonchev–Trinajstić information content (AvgIpc) is 2.97. The molecule has 1 N–H and O–H groups in total. The van der Waals surface area contributed by atoms with Crippen LogP contribution in [-0.2, 0) is 17.8 Å². The van der Waals surface area contributed by atoms with E-state index in [1.807, 2.05) is 18.2 Å². The molecule has 0 radical (unpaired) electrons. The highest BCUT2D eigenvalue weighted by Gasteiger charge is 2.14. The number of aryl methyl sites for hydroxylation is 2. The molecular formula is C14H16N4O2. The summed E-state index contributed by atoms with van der Waals surface area (Å²) >= 11 is 0. The first-order valence-corrected chi connectivity index (χ1v) is 6.69. The molecule has 1 amide bonds. The van der Waals surface area contributed by atoms with Gasteiger partial charge in [-0.3, -0.25) is 9.48 Å². The molecule has 3 rings (SSSR count). The predicted molar refractivity (Wildman–Crippen MR) is 73.5 cm³/mol. The molecule has 1 aromatic carbocycles. The van der Waals surface area contributed by atoms with E-state index in [-0.39, 0.29) is 5.91 Å². The van der Waals surface area contributed by atoms with Crippen molar-refractivity contribution in [3.05, 3.63) is 36.4 Å². The molecule has 0 saturated heterocycles. The number of anilines is 1. The maximum Gasteiger partial charge on any atom is 0.224 e. The highest BCUT2D eigenvalue weighted by Crippen LogP contribution is 2.26. The van der Waals surface area contributed by atoms with E-state index in [0.717, 1.165) is 36.4 Å². The van der Waals surface area contributed by atoms with Gasteiger partial charge in [0.15, 0.2) is 0 Å². The van der Waals surface area contributed by atoms with E-state index in [9.17, 15) is 4.79 Å². The van der Waals surface area contributed by atoms with Crippen LogP contribution in [0.3, 0.4) is 0 Å². The van der Waals surface area contributed by atoms with Crippen LogP contribution in [0.25, 0.3) is 0 Å². The van der Waals surface area contributed by atoms with Gasteiger partial charge < -0.3 is 10.1 Å². The summed E-state index contributed by atoms with van der Waals surface area (Å²) in [5.41, 5.74) is 2.04. The first-order valence-electron chi connectivity index (χ1n) is 6.69. The predicted octanol–water partition coefficient (Wildman–Crippen LogP) is 1.63. The second kappa shape index (κ2) is 5.73. The summed E-state index contributed by atoms with van der Waals surface area (Å²) in [7, 11) is 0. The van der Waals surface area contributed by atoms with Crippen molar-refractivity contribution in [1.29, 1.82) is 0 Å². The number of hydrogen-bond donors (Lipinski definition) is 1. The van der Waals surface area contributed by atoms with Gasteiger partial charge in [-0.1, -0.05) is 0 Å². The third-order valence-electron chi connectivity index (χ3n) is 3.24. The summed E-state index contributed by atoms with van der Waals surface area (Å²) in [6.45, 7) is 1.42. The number of aromatic nitrogens is 3. The van der Waals surface area contributed by atoms with Crippen molar-refractivity contribution >= 4 is 11.6 Å². The third kappa shape index (κ3) is 2.96. The minimum absolute atomic E-state index is 0.0824. The molecule has 0 spiro atoms. The van der Waals surface area contributed by atoms with Gasteiger partial charge in [-0.25, -0.2) is 4.98 Å². The zero-order chi connectivity index (χ0) is 13.8. The maximum atomic E-state index is 11.3. The van der Waals surface area contributed by atoms with Crippen LogP contribution in [0.15, 0.2) is 30.9 Å². The zero-order valence-corrected chi connectivity index (χ0v) is 11.1. The average molecular weight is 272 g/mol. The van der Waals surface area contributed by atoms with Crippen molar-refractivity contribution in [2.75, 3.05) is 11.9 Å². The molecule has 104 valence electrons. The Hall–Kier alpha value is -2.37. The molecule has 6 heteroatoms. The lowest BCUT2D eigenvalue weighted by Gasteiger charge is -2.17. The standard InChI is InChI=1S/C14H16N4O2/c19-14-5-2-11-8-12(3-4-13(11)17-14)20-7-1-6-18-10-15-9-16-18/h3-4,8-10H,1-2,5-7H2,(H,17,19). The van der Waals surface area contributed by atoms with Crippen molar-refractivity contribution in [1.82, 2.24) is 14.8 Å². The van der Waals surface area contributed by atoms with Crippen LogP contribution in [0.4, 0.5) is 5.69 Å². The zero-order valence-electron chi connectivity index (χ0n) is 11.1. The minimum atomic E-state index is 0.0824. The first-order chi connectivity index (χ1) is 9.81. The number of ether oxygens (including phenoxy) is 1. The highest BCUT2D eigenvalue weighted by molar-refractivity contribution is 5.93. The van der Waals surface area contributed by atoms with E-state index in [2.05, 4.69) is 15.4 Å². The molecule has 6 nitrogen and oxygen atoms in total. The quantitative estimate of drug-likeness (QED) is 0.840. The van der Waals surface area contributed by atoms with Crippen LogP contribution in [0, 0.1) is 0 Å². The van der Waals surface area contributed by atoms with Gasteiger partial charge in [0.05, 0.1) is 6.61 Å². The van der Waals surface area contributed by atoms with Crippen molar-refractivity contribution in [2.45, 2.75) is 25.8 Å². The lowest BCUT2D eigenvalue weighted by Crippen LogP contribution is -2.18. The SMILES string of the molecule is O=C1CCc2cc(OCCCn3cncn3)ccc2N1. The molecule has 1 aliphatic rings. The lowest BCUT2D eigenvalue weighted by molar-refractivity contribution is -0.116. The summed E-state index contributed by atoms with van der Waals surface area (Å²) < 4.78 is 7.51. The number of benzene rings is 1. The number of amides is 1. The summed E-state index contributed by atoms with van der Waals surface area (Å²) in [4.78, 5) is 15.2. The molecule has 0 unspecified atom stereocenters.